The van der Waals surface area contributed by atoms with Gasteiger partial charge in [-0.25, -0.2) is 8.42 Å². The molecule has 0 radical (unpaired) electrons. The molecule has 0 saturated carbocycles. The van der Waals surface area contributed by atoms with Crippen LogP contribution in [0.2, 0.25) is 10.0 Å². The van der Waals surface area contributed by atoms with Crippen LogP contribution in [0.15, 0.2) is 77.7 Å². The predicted molar refractivity (Wildman–Crippen MR) is 158 cm³/mol. The van der Waals surface area contributed by atoms with Crippen molar-refractivity contribution in [2.24, 2.45) is 5.92 Å². The molecule has 0 aliphatic carbocycles. The van der Waals surface area contributed by atoms with Gasteiger partial charge in [0.2, 0.25) is 5.91 Å². The van der Waals surface area contributed by atoms with E-state index in [9.17, 15) is 13.2 Å². The van der Waals surface area contributed by atoms with Crippen molar-refractivity contribution in [3.8, 4) is 0 Å². The van der Waals surface area contributed by atoms with Gasteiger partial charge in [-0.05, 0) is 67.1 Å². The molecule has 2 unspecified atom stereocenters. The number of sulfonamides is 1. The number of carbonyl (C=O) groups excluding carboxylic acids is 1. The lowest BCUT2D eigenvalue weighted by atomic mass is 9.97. The number of ether oxygens (including phenoxy) is 1. The first kappa shape index (κ1) is 28.9. The van der Waals surface area contributed by atoms with E-state index in [0.717, 1.165) is 38.0 Å². The highest BCUT2D eigenvalue weighted by atomic mass is 35.5. The number of fused-ring (bicyclic) bond motifs is 1. The Balaban J connectivity index is 1.15. The molecule has 1 amide bonds. The number of halogens is 2. The first-order valence-corrected chi connectivity index (χ1v) is 15.7. The van der Waals surface area contributed by atoms with E-state index >= 15 is 0 Å². The average molecular weight is 603 g/mol. The Kier molecular flexibility index (Phi) is 9.33. The molecule has 0 spiro atoms. The van der Waals surface area contributed by atoms with E-state index in [0.29, 0.717) is 24.6 Å². The van der Waals surface area contributed by atoms with Crippen LogP contribution in [0.25, 0.3) is 0 Å². The second kappa shape index (κ2) is 12.9. The number of hydrogen-bond donors (Lipinski definition) is 1. The summed E-state index contributed by atoms with van der Waals surface area (Å²) >= 11 is 12.1. The number of hydrogen-bond acceptors (Lipinski definition) is 5. The Morgan fingerprint density at radius 3 is 2.58 bits per heavy atom. The lowest BCUT2D eigenvalue weighted by Gasteiger charge is -2.32. The summed E-state index contributed by atoms with van der Waals surface area (Å²) in [5.41, 5.74) is 2.80. The highest BCUT2D eigenvalue weighted by Gasteiger charge is 2.38. The summed E-state index contributed by atoms with van der Waals surface area (Å²) in [7, 11) is -3.94. The van der Waals surface area contributed by atoms with E-state index in [2.05, 4.69) is 34.5 Å². The Bertz CT molecular complexity index is 1440. The molecule has 2 atom stereocenters. The van der Waals surface area contributed by atoms with Gasteiger partial charge in [-0.1, -0.05) is 71.7 Å². The summed E-state index contributed by atoms with van der Waals surface area (Å²) in [5, 5.41) is 3.46. The minimum absolute atomic E-state index is 0.0511. The van der Waals surface area contributed by atoms with Gasteiger partial charge in [-0.3, -0.25) is 14.0 Å². The van der Waals surface area contributed by atoms with Gasteiger partial charge in [0.25, 0.3) is 10.0 Å². The van der Waals surface area contributed by atoms with Gasteiger partial charge in [-0.15, -0.1) is 0 Å². The molecule has 5 rings (SSSR count). The Labute approximate surface area is 246 Å². The molecule has 3 aromatic carbocycles. The van der Waals surface area contributed by atoms with Crippen LogP contribution < -0.4 is 9.62 Å². The molecular weight excluding hydrogens is 569 g/mol. The van der Waals surface area contributed by atoms with Crippen molar-refractivity contribution in [1.29, 1.82) is 0 Å². The van der Waals surface area contributed by atoms with E-state index in [4.69, 9.17) is 27.9 Å². The van der Waals surface area contributed by atoms with Gasteiger partial charge in [0.1, 0.15) is 6.61 Å². The summed E-state index contributed by atoms with van der Waals surface area (Å²) in [6.45, 7) is 3.47. The van der Waals surface area contributed by atoms with Crippen molar-refractivity contribution in [3.05, 3.63) is 94.0 Å². The Morgan fingerprint density at radius 1 is 1.00 bits per heavy atom. The SMILES string of the molecule is O=C(COCC1Cc2ccccc2N1S(=O)(=O)c1ccc(Cl)c(Cl)c1)NCC1CCCN(Cc2ccccc2)C1. The zero-order valence-corrected chi connectivity index (χ0v) is 24.5. The maximum absolute atomic E-state index is 13.7. The molecule has 10 heteroatoms. The number of para-hydroxylation sites is 1. The number of carbonyl (C=O) groups is 1. The third-order valence-corrected chi connectivity index (χ3v) is 10.0. The van der Waals surface area contributed by atoms with Crippen LogP contribution in [-0.4, -0.2) is 58.1 Å². The van der Waals surface area contributed by atoms with Gasteiger partial charge in [0, 0.05) is 19.6 Å². The van der Waals surface area contributed by atoms with Crippen molar-refractivity contribution in [2.45, 2.75) is 36.7 Å². The molecule has 212 valence electrons. The second-order valence-corrected chi connectivity index (χ2v) is 13.0. The van der Waals surface area contributed by atoms with E-state index < -0.39 is 16.1 Å². The zero-order chi connectivity index (χ0) is 28.1. The predicted octanol–water partition coefficient (Wildman–Crippen LogP) is 5.16. The number of nitrogens with zero attached hydrogens (tertiary/aromatic N) is 2. The molecular formula is C30H33Cl2N3O4S. The zero-order valence-electron chi connectivity index (χ0n) is 22.1. The van der Waals surface area contributed by atoms with Gasteiger partial charge in [-0.2, -0.15) is 0 Å². The number of nitrogens with one attached hydrogen (secondary N) is 1. The van der Waals surface area contributed by atoms with E-state index in [1.54, 1.807) is 12.1 Å². The number of amides is 1. The van der Waals surface area contributed by atoms with Crippen molar-refractivity contribution < 1.29 is 17.9 Å². The normalized spacial score (nSPS) is 19.4. The Hall–Kier alpha value is -2.62. The molecule has 2 heterocycles. The van der Waals surface area contributed by atoms with Crippen LogP contribution in [0.5, 0.6) is 0 Å². The molecule has 7 nitrogen and oxygen atoms in total. The van der Waals surface area contributed by atoms with Gasteiger partial charge >= 0.3 is 0 Å². The van der Waals surface area contributed by atoms with Crippen LogP contribution in [0, 0.1) is 5.92 Å². The molecule has 1 N–H and O–H groups in total. The minimum Gasteiger partial charge on any atom is -0.369 e. The summed E-state index contributed by atoms with van der Waals surface area (Å²) in [4.78, 5) is 15.1. The second-order valence-electron chi connectivity index (χ2n) is 10.4. The number of benzene rings is 3. The lowest BCUT2D eigenvalue weighted by molar-refractivity contribution is -0.126. The number of piperidine rings is 1. The van der Waals surface area contributed by atoms with Gasteiger partial charge < -0.3 is 10.1 Å². The molecule has 0 aromatic heterocycles. The van der Waals surface area contributed by atoms with Gasteiger partial charge in [0.05, 0.1) is 33.3 Å². The number of anilines is 1. The van der Waals surface area contributed by atoms with E-state index in [-0.39, 0.29) is 34.1 Å². The van der Waals surface area contributed by atoms with E-state index in [1.165, 1.54) is 28.1 Å². The number of likely N-dealkylation sites (tertiary alicyclic amines) is 1. The van der Waals surface area contributed by atoms with Crippen molar-refractivity contribution in [3.63, 3.8) is 0 Å². The van der Waals surface area contributed by atoms with Crippen LogP contribution >= 0.6 is 23.2 Å². The molecule has 40 heavy (non-hydrogen) atoms. The first-order chi connectivity index (χ1) is 19.3. The molecule has 1 saturated heterocycles. The van der Waals surface area contributed by atoms with Crippen LogP contribution in [0.3, 0.4) is 0 Å². The number of rotatable bonds is 10. The van der Waals surface area contributed by atoms with Crippen molar-refractivity contribution >= 4 is 44.8 Å². The summed E-state index contributed by atoms with van der Waals surface area (Å²) in [6.07, 6.45) is 2.67. The molecule has 3 aromatic rings. The fourth-order valence-electron chi connectivity index (χ4n) is 5.54. The fourth-order valence-corrected chi connectivity index (χ4v) is 7.60. The van der Waals surface area contributed by atoms with Crippen LogP contribution in [0.1, 0.15) is 24.0 Å². The van der Waals surface area contributed by atoms with Crippen molar-refractivity contribution in [1.82, 2.24) is 10.2 Å². The third kappa shape index (κ3) is 6.81. The molecule has 2 aliphatic heterocycles. The maximum Gasteiger partial charge on any atom is 0.264 e. The van der Waals surface area contributed by atoms with Gasteiger partial charge in [0.15, 0.2) is 0 Å². The fraction of sp³-hybridized carbons (Fsp3) is 0.367. The largest absolute Gasteiger partial charge is 0.369 e. The van der Waals surface area contributed by atoms with E-state index in [1.807, 2.05) is 18.2 Å². The lowest BCUT2D eigenvalue weighted by Crippen LogP contribution is -2.43. The standard InChI is InChI=1S/C30H33Cl2N3O4S/c31-27-13-12-26(16-28(27)32)40(37,38)35-25(15-24-10-4-5-11-29(24)35)20-39-21-30(36)33-17-23-9-6-14-34(19-23)18-22-7-2-1-3-8-22/h1-5,7-8,10-13,16,23,25H,6,9,14-15,17-21H2,(H,33,36). The van der Waals surface area contributed by atoms with Crippen LogP contribution in [-0.2, 0) is 32.5 Å². The topological polar surface area (TPSA) is 78.9 Å². The average Bonchev–Trinajstić information content (AvgIpc) is 3.33. The molecule has 1 fully saturated rings. The smallest absolute Gasteiger partial charge is 0.264 e. The summed E-state index contributed by atoms with van der Waals surface area (Å²) in [6, 6.07) is 21.6. The molecule has 2 aliphatic rings. The summed E-state index contributed by atoms with van der Waals surface area (Å²) < 4.78 is 34.5. The first-order valence-electron chi connectivity index (χ1n) is 13.5. The van der Waals surface area contributed by atoms with Crippen molar-refractivity contribution in [2.75, 3.05) is 37.2 Å². The monoisotopic (exact) mass is 601 g/mol. The third-order valence-electron chi connectivity index (χ3n) is 7.45. The van der Waals surface area contributed by atoms with Crippen LogP contribution in [0.4, 0.5) is 5.69 Å². The highest BCUT2D eigenvalue weighted by molar-refractivity contribution is 7.92. The molecule has 0 bridgehead atoms. The quantitative estimate of drug-likeness (QED) is 0.347. The maximum atomic E-state index is 13.7. The highest BCUT2D eigenvalue weighted by Crippen LogP contribution is 2.38. The summed E-state index contributed by atoms with van der Waals surface area (Å²) in [5.74, 6) is 0.187. The Morgan fingerprint density at radius 2 is 1.77 bits per heavy atom. The minimum atomic E-state index is -3.94.